The molecule has 0 fully saturated rings. The molecule has 0 radical (unpaired) electrons. The third-order valence-electron chi connectivity index (χ3n) is 2.20. The van der Waals surface area contributed by atoms with Crippen LogP contribution in [0.1, 0.15) is 16.1 Å². The zero-order chi connectivity index (χ0) is 12.3. The lowest BCUT2D eigenvalue weighted by Gasteiger charge is -2.08. The van der Waals surface area contributed by atoms with Crippen molar-refractivity contribution < 1.29 is 4.79 Å². The second-order valence-corrected chi connectivity index (χ2v) is 3.46. The number of nitrogens with one attached hydrogen (secondary N) is 3. The molecule has 0 aliphatic rings. The van der Waals surface area contributed by atoms with Crippen molar-refractivity contribution in [1.82, 2.24) is 15.2 Å². The Balaban J connectivity index is 2.24. The monoisotopic (exact) mass is 232 g/mol. The van der Waals surface area contributed by atoms with Gasteiger partial charge in [0.25, 0.3) is 5.91 Å². The van der Waals surface area contributed by atoms with Crippen LogP contribution >= 0.6 is 0 Å². The zero-order valence-corrected chi connectivity index (χ0v) is 9.19. The maximum absolute atomic E-state index is 11.9. The highest BCUT2D eigenvalue weighted by atomic mass is 16.1. The molecule has 1 amide bonds. The van der Waals surface area contributed by atoms with Crippen molar-refractivity contribution >= 4 is 17.3 Å². The summed E-state index contributed by atoms with van der Waals surface area (Å²) in [5.74, 6) is 5.06. The summed E-state index contributed by atoms with van der Waals surface area (Å²) in [7, 11) is 0. The molecule has 0 saturated carbocycles. The highest BCUT2D eigenvalue weighted by Crippen LogP contribution is 2.16. The number of amides is 1. The number of hydrogen-bond donors (Lipinski definition) is 4. The van der Waals surface area contributed by atoms with Gasteiger partial charge in [0.15, 0.2) is 0 Å². The second kappa shape index (κ2) is 4.62. The number of hydrogen-bond acceptors (Lipinski definition) is 5. The van der Waals surface area contributed by atoms with Gasteiger partial charge in [0.1, 0.15) is 0 Å². The Morgan fingerprint density at radius 3 is 2.94 bits per heavy atom. The first kappa shape index (κ1) is 11.1. The number of nitrogens with two attached hydrogens (primary N) is 1. The first-order chi connectivity index (χ1) is 8.20. The van der Waals surface area contributed by atoms with Gasteiger partial charge in [-0.15, -0.1) is 0 Å². The molecule has 0 aliphatic carbocycles. The van der Waals surface area contributed by atoms with Crippen molar-refractivity contribution in [2.24, 2.45) is 5.84 Å². The van der Waals surface area contributed by atoms with E-state index in [1.165, 1.54) is 12.4 Å². The summed E-state index contributed by atoms with van der Waals surface area (Å²) in [4.78, 5) is 16.0. The molecular formula is C10H12N6O. The first-order valence-corrected chi connectivity index (χ1v) is 4.94. The van der Waals surface area contributed by atoms with E-state index in [-0.39, 0.29) is 5.91 Å². The minimum atomic E-state index is -0.299. The van der Waals surface area contributed by atoms with Gasteiger partial charge in [-0.3, -0.25) is 20.7 Å². The lowest BCUT2D eigenvalue weighted by molar-refractivity contribution is 0.102. The fourth-order valence-corrected chi connectivity index (χ4v) is 1.38. The molecule has 7 nitrogen and oxygen atoms in total. The van der Waals surface area contributed by atoms with Crippen LogP contribution in [0.25, 0.3) is 0 Å². The number of anilines is 2. The largest absolute Gasteiger partial charge is 0.323 e. The quantitative estimate of drug-likeness (QED) is 0.459. The lowest BCUT2D eigenvalue weighted by atomic mass is 10.2. The van der Waals surface area contributed by atoms with Crippen LogP contribution in [0.5, 0.6) is 0 Å². The van der Waals surface area contributed by atoms with Crippen molar-refractivity contribution in [1.29, 1.82) is 0 Å². The summed E-state index contributed by atoms with van der Waals surface area (Å²) >= 11 is 0. The summed E-state index contributed by atoms with van der Waals surface area (Å²) in [6, 6.07) is 1.70. The molecule has 0 spiro atoms. The number of carbonyl (C=O) groups is 1. The fourth-order valence-electron chi connectivity index (χ4n) is 1.38. The Labute approximate surface area is 97.4 Å². The van der Waals surface area contributed by atoms with Crippen LogP contribution in [0, 0.1) is 6.92 Å². The van der Waals surface area contributed by atoms with Crippen molar-refractivity contribution in [3.05, 3.63) is 35.9 Å². The van der Waals surface area contributed by atoms with E-state index in [1.54, 1.807) is 12.3 Å². The molecule has 7 heteroatoms. The minimum Gasteiger partial charge on any atom is -0.323 e. The van der Waals surface area contributed by atoms with E-state index in [1.807, 2.05) is 6.92 Å². The summed E-state index contributed by atoms with van der Waals surface area (Å²) in [6.07, 6.45) is 4.56. The number of pyridine rings is 1. The Hall–Kier alpha value is -2.41. The van der Waals surface area contributed by atoms with Gasteiger partial charge in [-0.2, -0.15) is 5.10 Å². The Kier molecular flexibility index (Phi) is 3.01. The predicted octanol–water partition coefficient (Wildman–Crippen LogP) is 0.651. The van der Waals surface area contributed by atoms with E-state index in [0.29, 0.717) is 16.9 Å². The number of aromatic nitrogens is 3. The SMILES string of the molecule is Cc1cc(NN)c(C(=O)Nc2cn[nH]c2)cn1. The van der Waals surface area contributed by atoms with Crippen LogP contribution in [0.3, 0.4) is 0 Å². The Morgan fingerprint density at radius 2 is 2.29 bits per heavy atom. The van der Waals surface area contributed by atoms with E-state index in [0.717, 1.165) is 5.69 Å². The van der Waals surface area contributed by atoms with Crippen LogP contribution in [0.15, 0.2) is 24.7 Å². The van der Waals surface area contributed by atoms with Crippen LogP contribution in [-0.4, -0.2) is 21.1 Å². The summed E-state index contributed by atoms with van der Waals surface area (Å²) in [5.41, 5.74) is 4.73. The zero-order valence-electron chi connectivity index (χ0n) is 9.19. The predicted molar refractivity (Wildman–Crippen MR) is 63.3 cm³/mol. The smallest absolute Gasteiger partial charge is 0.259 e. The molecule has 0 unspecified atom stereocenters. The van der Waals surface area contributed by atoms with Crippen LogP contribution in [0.4, 0.5) is 11.4 Å². The molecule has 5 N–H and O–H groups in total. The molecule has 0 bridgehead atoms. The molecular weight excluding hydrogens is 220 g/mol. The number of aryl methyl sites for hydroxylation is 1. The topological polar surface area (TPSA) is 109 Å². The molecule has 2 rings (SSSR count). The first-order valence-electron chi connectivity index (χ1n) is 4.94. The van der Waals surface area contributed by atoms with E-state index < -0.39 is 0 Å². The number of nitrogen functional groups attached to an aromatic ring is 1. The van der Waals surface area contributed by atoms with Crippen molar-refractivity contribution in [2.75, 3.05) is 10.7 Å². The molecule has 0 aliphatic heterocycles. The van der Waals surface area contributed by atoms with E-state index >= 15 is 0 Å². The molecule has 0 aromatic carbocycles. The van der Waals surface area contributed by atoms with Gasteiger partial charge in [-0.05, 0) is 13.0 Å². The Bertz CT molecular complexity index is 522. The summed E-state index contributed by atoms with van der Waals surface area (Å²) < 4.78 is 0. The van der Waals surface area contributed by atoms with E-state index in [4.69, 9.17) is 5.84 Å². The van der Waals surface area contributed by atoms with Gasteiger partial charge >= 0.3 is 0 Å². The molecule has 2 heterocycles. The number of rotatable bonds is 3. The maximum atomic E-state index is 11.9. The lowest BCUT2D eigenvalue weighted by Crippen LogP contribution is -2.17. The highest BCUT2D eigenvalue weighted by Gasteiger charge is 2.12. The summed E-state index contributed by atoms with van der Waals surface area (Å²) in [6.45, 7) is 1.82. The third kappa shape index (κ3) is 2.40. The average molecular weight is 232 g/mol. The fraction of sp³-hybridized carbons (Fsp3) is 0.100. The third-order valence-corrected chi connectivity index (χ3v) is 2.20. The minimum absolute atomic E-state index is 0.299. The second-order valence-electron chi connectivity index (χ2n) is 3.46. The Morgan fingerprint density at radius 1 is 1.47 bits per heavy atom. The van der Waals surface area contributed by atoms with Crippen LogP contribution < -0.4 is 16.6 Å². The standard InChI is InChI=1S/C10H12N6O/c1-6-2-9(16-11)8(5-12-6)10(17)15-7-3-13-14-4-7/h2-5H,11H2,1H3,(H,12,16)(H,13,14)(H,15,17). The normalized spacial score (nSPS) is 10.0. The van der Waals surface area contributed by atoms with E-state index in [2.05, 4.69) is 25.9 Å². The van der Waals surface area contributed by atoms with E-state index in [9.17, 15) is 4.79 Å². The van der Waals surface area contributed by atoms with Crippen LogP contribution in [-0.2, 0) is 0 Å². The molecule has 0 atom stereocenters. The van der Waals surface area contributed by atoms with Gasteiger partial charge in [0, 0.05) is 18.1 Å². The number of H-pyrrole nitrogens is 1. The van der Waals surface area contributed by atoms with Gasteiger partial charge in [0.05, 0.1) is 23.1 Å². The highest BCUT2D eigenvalue weighted by molar-refractivity contribution is 6.07. The summed E-state index contributed by atoms with van der Waals surface area (Å²) in [5, 5.41) is 9.00. The van der Waals surface area contributed by atoms with Gasteiger partial charge in [0.2, 0.25) is 0 Å². The number of hydrazine groups is 1. The van der Waals surface area contributed by atoms with Gasteiger partial charge in [-0.25, -0.2) is 0 Å². The molecule has 0 saturated heterocycles. The molecule has 2 aromatic heterocycles. The van der Waals surface area contributed by atoms with Gasteiger partial charge in [-0.1, -0.05) is 0 Å². The van der Waals surface area contributed by atoms with Crippen LogP contribution in [0.2, 0.25) is 0 Å². The van der Waals surface area contributed by atoms with Crippen molar-refractivity contribution in [2.45, 2.75) is 6.92 Å². The molecule has 88 valence electrons. The number of carbonyl (C=O) groups excluding carboxylic acids is 1. The van der Waals surface area contributed by atoms with Crippen molar-refractivity contribution in [3.63, 3.8) is 0 Å². The van der Waals surface area contributed by atoms with Crippen molar-refractivity contribution in [3.8, 4) is 0 Å². The number of aromatic amines is 1. The number of nitrogens with zero attached hydrogens (tertiary/aromatic N) is 2. The van der Waals surface area contributed by atoms with Gasteiger partial charge < -0.3 is 10.7 Å². The molecule has 2 aromatic rings. The molecule has 17 heavy (non-hydrogen) atoms. The maximum Gasteiger partial charge on any atom is 0.259 e. The average Bonchev–Trinajstić information content (AvgIpc) is 2.81.